The van der Waals surface area contributed by atoms with Crippen LogP contribution in [0.25, 0.3) is 11.0 Å². The van der Waals surface area contributed by atoms with Crippen LogP contribution in [0, 0.1) is 0 Å². The summed E-state index contributed by atoms with van der Waals surface area (Å²) in [5, 5.41) is 13.0. The molecule has 9 nitrogen and oxygen atoms in total. The summed E-state index contributed by atoms with van der Waals surface area (Å²) >= 11 is 0. The maximum absolute atomic E-state index is 12.9. The van der Waals surface area contributed by atoms with E-state index in [9.17, 15) is 9.32 Å². The Morgan fingerprint density at radius 2 is 1.88 bits per heavy atom. The number of benzene rings is 2. The van der Waals surface area contributed by atoms with Crippen LogP contribution in [0.15, 0.2) is 60.0 Å². The summed E-state index contributed by atoms with van der Waals surface area (Å²) in [6, 6.07) is 13.2. The van der Waals surface area contributed by atoms with Crippen LogP contribution in [0.5, 0.6) is 5.75 Å². The van der Waals surface area contributed by atoms with E-state index in [1.54, 1.807) is 24.2 Å². The van der Waals surface area contributed by atoms with Crippen LogP contribution in [0.3, 0.4) is 0 Å². The molecule has 166 valence electrons. The van der Waals surface area contributed by atoms with Gasteiger partial charge in [-0.15, -0.1) is 0 Å². The number of para-hydroxylation sites is 2. The number of nitrogens with zero attached hydrogens (tertiary/aromatic N) is 4. The third kappa shape index (κ3) is 4.87. The molecule has 32 heavy (non-hydrogen) atoms. The average molecular weight is 453 g/mol. The first kappa shape index (κ1) is 21.7. The summed E-state index contributed by atoms with van der Waals surface area (Å²) in [5.41, 5.74) is 3.13. The first-order valence-corrected chi connectivity index (χ1v) is 11.2. The highest BCUT2D eigenvalue weighted by Crippen LogP contribution is 2.30. The topological polar surface area (TPSA) is 114 Å². The van der Waals surface area contributed by atoms with Crippen molar-refractivity contribution in [2.24, 2.45) is 7.05 Å². The third-order valence-corrected chi connectivity index (χ3v) is 5.77. The Morgan fingerprint density at radius 1 is 1.12 bits per heavy atom. The van der Waals surface area contributed by atoms with Gasteiger partial charge in [-0.25, -0.2) is 19.2 Å². The van der Waals surface area contributed by atoms with Gasteiger partial charge in [0.15, 0.2) is 27.6 Å². The maximum Gasteiger partial charge on any atom is 0.182 e. The Bertz CT molecular complexity index is 1260. The average Bonchev–Trinajstić information content (AvgIpc) is 3.25. The summed E-state index contributed by atoms with van der Waals surface area (Å²) < 4.78 is 22.9. The molecule has 3 N–H and O–H groups in total. The molecule has 0 aliphatic rings. The molecule has 2 aromatic carbocycles. The van der Waals surface area contributed by atoms with E-state index in [0.717, 1.165) is 11.3 Å². The van der Waals surface area contributed by atoms with E-state index in [1.165, 1.54) is 0 Å². The minimum Gasteiger partial charge on any atom is -0.497 e. The number of aryl methyl sites for hydroxylation is 2. The fourth-order valence-electron chi connectivity index (χ4n) is 3.20. The second-order valence-corrected chi connectivity index (χ2v) is 8.29. The highest BCUT2D eigenvalue weighted by atomic mass is 32.2. The molecule has 0 spiro atoms. The zero-order chi connectivity index (χ0) is 22.5. The van der Waals surface area contributed by atoms with Crippen molar-refractivity contribution < 1.29 is 14.1 Å². The first-order chi connectivity index (χ1) is 15.6. The molecule has 10 heteroatoms. The molecular formula is C22H24N6O3S. The highest BCUT2D eigenvalue weighted by Gasteiger charge is 2.16. The number of nitrogens with one attached hydrogen (secondary N) is 2. The Kier molecular flexibility index (Phi) is 6.62. The van der Waals surface area contributed by atoms with Crippen molar-refractivity contribution in [3.8, 4) is 5.75 Å². The molecule has 4 aromatic rings. The van der Waals surface area contributed by atoms with Crippen molar-refractivity contribution >= 4 is 39.3 Å². The van der Waals surface area contributed by atoms with Gasteiger partial charge < -0.3 is 19.7 Å². The predicted molar refractivity (Wildman–Crippen MR) is 124 cm³/mol. The van der Waals surface area contributed by atoms with Crippen molar-refractivity contribution in [3.05, 3.63) is 60.6 Å². The number of hydrogen-bond donors (Lipinski definition) is 3. The zero-order valence-corrected chi connectivity index (χ0v) is 18.6. The normalized spacial score (nSPS) is 12.0. The van der Waals surface area contributed by atoms with Crippen LogP contribution >= 0.6 is 0 Å². The molecule has 0 bridgehead atoms. The number of hydrogen-bond acceptors (Lipinski definition) is 7. The van der Waals surface area contributed by atoms with Gasteiger partial charge in [0.25, 0.3) is 0 Å². The van der Waals surface area contributed by atoms with Crippen molar-refractivity contribution in [3.63, 3.8) is 0 Å². The Labute approximate surface area is 188 Å². The van der Waals surface area contributed by atoms with Gasteiger partial charge in [0.05, 0.1) is 24.5 Å². The lowest BCUT2D eigenvalue weighted by Gasteiger charge is -2.16. The highest BCUT2D eigenvalue weighted by molar-refractivity contribution is 7.86. The number of ether oxygens (including phenoxy) is 1. The van der Waals surface area contributed by atoms with E-state index in [0.29, 0.717) is 46.3 Å². The second kappa shape index (κ2) is 9.75. The summed E-state index contributed by atoms with van der Waals surface area (Å²) in [6.45, 7) is 0.0944. The van der Waals surface area contributed by atoms with Crippen LogP contribution in [-0.4, -0.2) is 42.6 Å². The van der Waals surface area contributed by atoms with Gasteiger partial charge in [-0.05, 0) is 36.6 Å². The third-order valence-electron chi connectivity index (χ3n) is 4.81. The lowest BCUT2D eigenvalue weighted by atomic mass is 10.1. The molecule has 4 rings (SSSR count). The number of aliphatic hydroxyl groups is 1. The van der Waals surface area contributed by atoms with E-state index in [4.69, 9.17) is 9.72 Å². The Hall–Kier alpha value is -3.50. The van der Waals surface area contributed by atoms with Gasteiger partial charge in [0.1, 0.15) is 5.75 Å². The smallest absolute Gasteiger partial charge is 0.182 e. The van der Waals surface area contributed by atoms with Gasteiger partial charge in [-0.3, -0.25) is 4.72 Å². The zero-order valence-electron chi connectivity index (χ0n) is 17.8. The maximum atomic E-state index is 12.9. The molecule has 0 saturated heterocycles. The number of imidazole rings is 1. The van der Waals surface area contributed by atoms with Crippen LogP contribution in [-0.2, 0) is 24.5 Å². The van der Waals surface area contributed by atoms with Crippen molar-refractivity contribution in [2.45, 2.75) is 17.9 Å². The van der Waals surface area contributed by atoms with Crippen molar-refractivity contribution in [2.75, 3.05) is 23.8 Å². The quantitative estimate of drug-likeness (QED) is 0.357. The van der Waals surface area contributed by atoms with Crippen molar-refractivity contribution in [1.82, 2.24) is 19.5 Å². The SMILES string of the molecule is COc1ccc(CCCO)c(Nc2nc3ccccc3nc2NS(=O)c2cn(C)cn2)c1. The molecule has 2 aromatic heterocycles. The number of fused-ring (bicyclic) bond motifs is 1. The van der Waals surface area contributed by atoms with E-state index >= 15 is 0 Å². The lowest BCUT2D eigenvalue weighted by molar-refractivity contribution is 0.288. The number of methoxy groups -OCH3 is 1. The molecule has 0 amide bonds. The van der Waals surface area contributed by atoms with E-state index in [2.05, 4.69) is 20.0 Å². The van der Waals surface area contributed by atoms with E-state index in [1.807, 2.05) is 49.5 Å². The first-order valence-electron chi connectivity index (χ1n) is 10.1. The van der Waals surface area contributed by atoms with Crippen LogP contribution < -0.4 is 14.8 Å². The number of rotatable bonds is 9. The summed E-state index contributed by atoms with van der Waals surface area (Å²) in [7, 11) is 1.79. The molecule has 0 radical (unpaired) electrons. The largest absolute Gasteiger partial charge is 0.497 e. The van der Waals surface area contributed by atoms with Crippen LogP contribution in [0.2, 0.25) is 0 Å². The molecule has 0 aliphatic heterocycles. The minimum absolute atomic E-state index is 0.0944. The fraction of sp³-hybridized carbons (Fsp3) is 0.227. The fourth-order valence-corrected chi connectivity index (χ4v) is 4.02. The molecular weight excluding hydrogens is 428 g/mol. The summed E-state index contributed by atoms with van der Waals surface area (Å²) in [5.74, 6) is 1.44. The molecule has 0 saturated carbocycles. The van der Waals surface area contributed by atoms with Gasteiger partial charge in [-0.2, -0.15) is 0 Å². The van der Waals surface area contributed by atoms with Gasteiger partial charge in [0.2, 0.25) is 0 Å². The van der Waals surface area contributed by atoms with Crippen LogP contribution in [0.4, 0.5) is 17.3 Å². The van der Waals surface area contributed by atoms with E-state index < -0.39 is 11.0 Å². The number of anilines is 3. The Balaban J connectivity index is 1.74. The molecule has 2 heterocycles. The van der Waals surface area contributed by atoms with Crippen molar-refractivity contribution in [1.29, 1.82) is 0 Å². The molecule has 0 aliphatic carbocycles. The number of aromatic nitrogens is 4. The summed E-state index contributed by atoms with van der Waals surface area (Å²) in [6.07, 6.45) is 4.56. The molecule has 0 fully saturated rings. The Morgan fingerprint density at radius 3 is 2.53 bits per heavy atom. The van der Waals surface area contributed by atoms with Gasteiger partial charge in [-0.1, -0.05) is 18.2 Å². The standard InChI is InChI=1S/C22H24N6O3S/c1-28-13-20(23-14-28)32(30)27-22-21(24-17-7-3-4-8-18(17)25-22)26-19-12-16(31-2)10-9-15(19)6-5-11-29/h3-4,7-10,12-14,29H,5-6,11H2,1-2H3,(H,24,26)(H,25,27). The van der Waals surface area contributed by atoms with Gasteiger partial charge >= 0.3 is 0 Å². The van der Waals surface area contributed by atoms with Gasteiger partial charge in [0, 0.05) is 31.6 Å². The summed E-state index contributed by atoms with van der Waals surface area (Å²) in [4.78, 5) is 13.5. The van der Waals surface area contributed by atoms with Crippen LogP contribution in [0.1, 0.15) is 12.0 Å². The second-order valence-electron chi connectivity index (χ2n) is 7.13. The molecule has 1 unspecified atom stereocenters. The predicted octanol–water partition coefficient (Wildman–Crippen LogP) is 3.18. The molecule has 1 atom stereocenters. The lowest BCUT2D eigenvalue weighted by Crippen LogP contribution is -2.11. The van der Waals surface area contributed by atoms with E-state index in [-0.39, 0.29) is 6.61 Å². The monoisotopic (exact) mass is 452 g/mol. The number of aliphatic hydroxyl groups excluding tert-OH is 1. The minimum atomic E-state index is -1.62.